The zero-order valence-electron chi connectivity index (χ0n) is 13.3. The number of rotatable bonds is 6. The SMILES string of the molecule is CCCCN(C)CCc1ccc2c(c1)NCC(C)(C)O2. The molecule has 0 aromatic heterocycles. The maximum atomic E-state index is 5.98. The molecule has 1 N–H and O–H groups in total. The summed E-state index contributed by atoms with van der Waals surface area (Å²) in [6.07, 6.45) is 3.64. The van der Waals surface area contributed by atoms with Crippen molar-refractivity contribution in [2.75, 3.05) is 32.0 Å². The molecule has 0 fully saturated rings. The molecule has 0 atom stereocenters. The van der Waals surface area contributed by atoms with Crippen molar-refractivity contribution in [2.24, 2.45) is 0 Å². The summed E-state index contributed by atoms with van der Waals surface area (Å²) in [4.78, 5) is 2.41. The van der Waals surface area contributed by atoms with Crippen LogP contribution in [0.4, 0.5) is 5.69 Å². The van der Waals surface area contributed by atoms with Crippen LogP contribution in [0.3, 0.4) is 0 Å². The fraction of sp³-hybridized carbons (Fsp3) is 0.647. The molecule has 1 aliphatic rings. The number of hydrogen-bond donors (Lipinski definition) is 1. The lowest BCUT2D eigenvalue weighted by atomic mass is 10.0. The van der Waals surface area contributed by atoms with Crippen molar-refractivity contribution in [1.29, 1.82) is 0 Å². The summed E-state index contributed by atoms with van der Waals surface area (Å²) in [7, 11) is 2.21. The molecule has 0 saturated carbocycles. The third-order valence-electron chi connectivity index (χ3n) is 3.81. The number of hydrogen-bond acceptors (Lipinski definition) is 3. The number of benzene rings is 1. The molecule has 1 aromatic rings. The largest absolute Gasteiger partial charge is 0.484 e. The molecule has 0 spiro atoms. The predicted octanol–water partition coefficient (Wildman–Crippen LogP) is 3.54. The topological polar surface area (TPSA) is 24.5 Å². The van der Waals surface area contributed by atoms with Crippen molar-refractivity contribution in [1.82, 2.24) is 4.90 Å². The molecule has 2 rings (SSSR count). The molecular formula is C17H28N2O. The Kier molecular flexibility index (Phi) is 4.92. The number of ether oxygens (including phenoxy) is 1. The van der Waals surface area contributed by atoms with Crippen LogP contribution in [-0.2, 0) is 6.42 Å². The second-order valence-electron chi connectivity index (χ2n) is 6.45. The van der Waals surface area contributed by atoms with Crippen molar-refractivity contribution in [2.45, 2.75) is 45.6 Å². The predicted molar refractivity (Wildman–Crippen MR) is 85.7 cm³/mol. The van der Waals surface area contributed by atoms with E-state index in [1.807, 2.05) is 0 Å². The minimum atomic E-state index is -0.116. The maximum Gasteiger partial charge on any atom is 0.143 e. The minimum absolute atomic E-state index is 0.116. The minimum Gasteiger partial charge on any atom is -0.484 e. The Balaban J connectivity index is 1.92. The highest BCUT2D eigenvalue weighted by Crippen LogP contribution is 2.33. The van der Waals surface area contributed by atoms with Gasteiger partial charge in [0.05, 0.1) is 12.2 Å². The van der Waals surface area contributed by atoms with Crippen LogP contribution in [0.15, 0.2) is 18.2 Å². The number of fused-ring (bicyclic) bond motifs is 1. The molecule has 0 radical (unpaired) electrons. The number of unbranched alkanes of at least 4 members (excludes halogenated alkanes) is 1. The summed E-state index contributed by atoms with van der Waals surface area (Å²) in [6.45, 7) is 9.63. The van der Waals surface area contributed by atoms with E-state index in [1.165, 1.54) is 24.9 Å². The van der Waals surface area contributed by atoms with Gasteiger partial charge in [0.25, 0.3) is 0 Å². The molecular weight excluding hydrogens is 248 g/mol. The van der Waals surface area contributed by atoms with E-state index in [2.05, 4.69) is 56.2 Å². The zero-order chi connectivity index (χ0) is 14.6. The standard InChI is InChI=1S/C17H28N2O/c1-5-6-10-19(4)11-9-14-7-8-16-15(12-14)18-13-17(2,3)20-16/h7-8,12,18H,5-6,9-11,13H2,1-4H3. The van der Waals surface area contributed by atoms with Gasteiger partial charge >= 0.3 is 0 Å². The first-order chi connectivity index (χ1) is 9.50. The molecule has 112 valence electrons. The highest BCUT2D eigenvalue weighted by molar-refractivity contribution is 5.60. The molecule has 0 bridgehead atoms. The molecule has 0 aliphatic carbocycles. The molecule has 1 aliphatic heterocycles. The Bertz CT molecular complexity index is 443. The van der Waals surface area contributed by atoms with Crippen molar-refractivity contribution >= 4 is 5.69 Å². The quantitative estimate of drug-likeness (QED) is 0.860. The highest BCUT2D eigenvalue weighted by atomic mass is 16.5. The van der Waals surface area contributed by atoms with E-state index in [9.17, 15) is 0 Å². The molecule has 1 aromatic carbocycles. The first kappa shape index (κ1) is 15.2. The Morgan fingerprint density at radius 1 is 1.30 bits per heavy atom. The van der Waals surface area contributed by atoms with Gasteiger partial charge in [0, 0.05) is 6.54 Å². The third-order valence-corrected chi connectivity index (χ3v) is 3.81. The van der Waals surface area contributed by atoms with E-state index in [0.29, 0.717) is 0 Å². The number of nitrogens with one attached hydrogen (secondary N) is 1. The van der Waals surface area contributed by atoms with Crippen molar-refractivity contribution in [3.63, 3.8) is 0 Å². The smallest absolute Gasteiger partial charge is 0.143 e. The van der Waals surface area contributed by atoms with Gasteiger partial charge in [0.1, 0.15) is 11.4 Å². The molecule has 0 unspecified atom stereocenters. The molecule has 1 heterocycles. The molecule has 3 heteroatoms. The molecule has 20 heavy (non-hydrogen) atoms. The molecule has 0 amide bonds. The van der Waals surface area contributed by atoms with Gasteiger partial charge in [-0.25, -0.2) is 0 Å². The van der Waals surface area contributed by atoms with E-state index in [1.54, 1.807) is 0 Å². The average molecular weight is 276 g/mol. The van der Waals surface area contributed by atoms with Gasteiger partial charge in [-0.3, -0.25) is 0 Å². The van der Waals surface area contributed by atoms with Gasteiger partial charge < -0.3 is 15.0 Å². The maximum absolute atomic E-state index is 5.98. The second kappa shape index (κ2) is 6.49. The van der Waals surface area contributed by atoms with Gasteiger partial charge in [0.2, 0.25) is 0 Å². The van der Waals surface area contributed by atoms with E-state index in [0.717, 1.165) is 30.9 Å². The van der Waals surface area contributed by atoms with Gasteiger partial charge in [-0.2, -0.15) is 0 Å². The summed E-state index contributed by atoms with van der Waals surface area (Å²) in [5.41, 5.74) is 2.40. The lowest BCUT2D eigenvalue weighted by Crippen LogP contribution is -2.40. The number of likely N-dealkylation sites (N-methyl/N-ethyl adjacent to an activating group) is 1. The lowest BCUT2D eigenvalue weighted by molar-refractivity contribution is 0.116. The summed E-state index contributed by atoms with van der Waals surface area (Å²) in [5, 5.41) is 3.48. The number of nitrogens with zero attached hydrogens (tertiary/aromatic N) is 1. The van der Waals surface area contributed by atoms with Crippen LogP contribution in [0, 0.1) is 0 Å². The Hall–Kier alpha value is -1.22. The van der Waals surface area contributed by atoms with Crippen LogP contribution in [0.5, 0.6) is 5.75 Å². The first-order valence-corrected chi connectivity index (χ1v) is 7.74. The van der Waals surface area contributed by atoms with Crippen LogP contribution in [0.25, 0.3) is 0 Å². The van der Waals surface area contributed by atoms with Crippen LogP contribution in [0.2, 0.25) is 0 Å². The Morgan fingerprint density at radius 3 is 2.85 bits per heavy atom. The van der Waals surface area contributed by atoms with Gasteiger partial charge in [-0.05, 0) is 58.0 Å². The Labute approximate surface area is 123 Å². The van der Waals surface area contributed by atoms with Crippen LogP contribution in [-0.4, -0.2) is 37.2 Å². The summed E-state index contributed by atoms with van der Waals surface area (Å²) < 4.78 is 5.98. The number of anilines is 1. The second-order valence-corrected chi connectivity index (χ2v) is 6.45. The van der Waals surface area contributed by atoms with Crippen LogP contribution < -0.4 is 10.1 Å². The fourth-order valence-electron chi connectivity index (χ4n) is 2.46. The third kappa shape index (κ3) is 4.14. The van der Waals surface area contributed by atoms with Crippen LogP contribution in [0.1, 0.15) is 39.2 Å². The highest BCUT2D eigenvalue weighted by Gasteiger charge is 2.26. The summed E-state index contributed by atoms with van der Waals surface area (Å²) >= 11 is 0. The van der Waals surface area contributed by atoms with Gasteiger partial charge in [0.15, 0.2) is 0 Å². The summed E-state index contributed by atoms with van der Waals surface area (Å²) in [5.74, 6) is 0.976. The monoisotopic (exact) mass is 276 g/mol. The molecule has 3 nitrogen and oxygen atoms in total. The van der Waals surface area contributed by atoms with Crippen molar-refractivity contribution in [3.8, 4) is 5.75 Å². The van der Waals surface area contributed by atoms with E-state index in [4.69, 9.17) is 4.74 Å². The fourth-order valence-corrected chi connectivity index (χ4v) is 2.46. The Morgan fingerprint density at radius 2 is 2.10 bits per heavy atom. The normalized spacial score (nSPS) is 16.4. The first-order valence-electron chi connectivity index (χ1n) is 7.74. The summed E-state index contributed by atoms with van der Waals surface area (Å²) in [6, 6.07) is 6.53. The average Bonchev–Trinajstić information content (AvgIpc) is 2.42. The van der Waals surface area contributed by atoms with E-state index < -0.39 is 0 Å². The van der Waals surface area contributed by atoms with Gasteiger partial charge in [-0.15, -0.1) is 0 Å². The lowest BCUT2D eigenvalue weighted by Gasteiger charge is -2.33. The van der Waals surface area contributed by atoms with Gasteiger partial charge in [-0.1, -0.05) is 19.4 Å². The van der Waals surface area contributed by atoms with E-state index in [-0.39, 0.29) is 5.60 Å². The zero-order valence-corrected chi connectivity index (χ0v) is 13.3. The molecule has 0 saturated heterocycles. The van der Waals surface area contributed by atoms with Crippen LogP contribution >= 0.6 is 0 Å². The van der Waals surface area contributed by atoms with Crippen molar-refractivity contribution < 1.29 is 4.74 Å². The van der Waals surface area contributed by atoms with E-state index >= 15 is 0 Å². The van der Waals surface area contributed by atoms with Crippen molar-refractivity contribution in [3.05, 3.63) is 23.8 Å².